The molecule has 1 aromatic carbocycles. The standard InChI is InChI=1S/C19H24FN5O2.C2HF3O2/c1-11(2)7-16(19(26)27)15(18-22-24-25-23-18)8-12-3-4-14(17(20)9-12)13-5-6-21-10-13;3-2(4,5)1(6)7/h3-5,9,11,15-16,21H,6-8,10H2,1-2H3,(H,26,27)(H,22,23,24,25);(H,6,7)/t15-,16-;/m0./s1. The first-order valence-corrected chi connectivity index (χ1v) is 10.3. The van der Waals surface area contributed by atoms with Crippen LogP contribution in [0.1, 0.15) is 43.1 Å². The summed E-state index contributed by atoms with van der Waals surface area (Å²) in [4.78, 5) is 20.8. The van der Waals surface area contributed by atoms with E-state index < -0.39 is 30.0 Å². The molecule has 0 bridgehead atoms. The highest BCUT2D eigenvalue weighted by Crippen LogP contribution is 2.32. The van der Waals surface area contributed by atoms with Gasteiger partial charge in [-0.2, -0.15) is 18.4 Å². The van der Waals surface area contributed by atoms with E-state index in [0.717, 1.165) is 12.1 Å². The maximum absolute atomic E-state index is 14.6. The van der Waals surface area contributed by atoms with Crippen molar-refractivity contribution in [1.29, 1.82) is 0 Å². The Labute approximate surface area is 192 Å². The number of nitrogens with one attached hydrogen (secondary N) is 2. The van der Waals surface area contributed by atoms with Crippen LogP contribution in [0.3, 0.4) is 0 Å². The molecule has 1 aliphatic heterocycles. The molecule has 0 amide bonds. The van der Waals surface area contributed by atoms with E-state index in [0.29, 0.717) is 36.3 Å². The van der Waals surface area contributed by atoms with Crippen LogP contribution in [0, 0.1) is 17.7 Å². The summed E-state index contributed by atoms with van der Waals surface area (Å²) in [6.07, 6.45) is -2.30. The van der Waals surface area contributed by atoms with Gasteiger partial charge in [-0.1, -0.05) is 37.3 Å². The quantitative estimate of drug-likeness (QED) is 0.417. The van der Waals surface area contributed by atoms with E-state index in [9.17, 15) is 27.5 Å². The number of H-pyrrole nitrogens is 1. The first-order chi connectivity index (χ1) is 15.9. The second kappa shape index (κ2) is 11.7. The van der Waals surface area contributed by atoms with Crippen molar-refractivity contribution in [1.82, 2.24) is 25.9 Å². The number of hydrogen-bond acceptors (Lipinski definition) is 6. The van der Waals surface area contributed by atoms with E-state index in [1.54, 1.807) is 6.07 Å². The summed E-state index contributed by atoms with van der Waals surface area (Å²) >= 11 is 0. The molecule has 0 spiro atoms. The van der Waals surface area contributed by atoms with E-state index in [1.807, 2.05) is 26.0 Å². The minimum atomic E-state index is -5.08. The minimum absolute atomic E-state index is 0.196. The highest BCUT2D eigenvalue weighted by molar-refractivity contribution is 5.73. The molecule has 2 aromatic rings. The second-order valence-electron chi connectivity index (χ2n) is 8.13. The molecule has 0 saturated carbocycles. The van der Waals surface area contributed by atoms with Crippen molar-refractivity contribution < 1.29 is 37.4 Å². The van der Waals surface area contributed by atoms with Gasteiger partial charge in [-0.25, -0.2) is 9.18 Å². The number of carboxylic acids is 2. The number of aromatic amines is 1. The number of halogens is 4. The molecule has 0 fully saturated rings. The van der Waals surface area contributed by atoms with Crippen molar-refractivity contribution >= 4 is 17.5 Å². The Morgan fingerprint density at radius 1 is 1.21 bits per heavy atom. The fourth-order valence-corrected chi connectivity index (χ4v) is 3.56. The van der Waals surface area contributed by atoms with Crippen LogP contribution in [-0.4, -0.2) is 62.0 Å². The van der Waals surface area contributed by atoms with Crippen molar-refractivity contribution in [3.8, 4) is 0 Å². The lowest BCUT2D eigenvalue weighted by molar-refractivity contribution is -0.192. The van der Waals surface area contributed by atoms with Crippen LogP contribution in [0.4, 0.5) is 17.6 Å². The van der Waals surface area contributed by atoms with Crippen molar-refractivity contribution in [3.63, 3.8) is 0 Å². The summed E-state index contributed by atoms with van der Waals surface area (Å²) in [7, 11) is 0. The van der Waals surface area contributed by atoms with Gasteiger partial charge in [0.05, 0.1) is 5.92 Å². The predicted molar refractivity (Wildman–Crippen MR) is 112 cm³/mol. The van der Waals surface area contributed by atoms with Crippen molar-refractivity contribution in [3.05, 3.63) is 47.0 Å². The Morgan fingerprint density at radius 2 is 1.88 bits per heavy atom. The van der Waals surface area contributed by atoms with E-state index in [2.05, 4.69) is 25.9 Å². The lowest BCUT2D eigenvalue weighted by Crippen LogP contribution is -2.26. The molecule has 3 rings (SSSR count). The molecule has 0 unspecified atom stereocenters. The lowest BCUT2D eigenvalue weighted by atomic mass is 9.81. The maximum atomic E-state index is 14.6. The molecule has 1 aromatic heterocycles. The van der Waals surface area contributed by atoms with Crippen LogP contribution in [-0.2, 0) is 16.0 Å². The van der Waals surface area contributed by atoms with Crippen molar-refractivity contribution in [2.75, 3.05) is 13.1 Å². The van der Waals surface area contributed by atoms with Gasteiger partial charge in [0.2, 0.25) is 0 Å². The Kier molecular flexibility index (Phi) is 9.24. The SMILES string of the molecule is CC(C)C[C@H](C(=O)O)[C@H](Cc1ccc(C2=CCNC2)c(F)c1)c1nn[nH]n1.O=C(O)C(F)(F)F. The Balaban J connectivity index is 0.000000509. The molecule has 4 N–H and O–H groups in total. The number of alkyl halides is 3. The van der Waals surface area contributed by atoms with Crippen LogP contribution >= 0.6 is 0 Å². The number of nitrogens with zero attached hydrogens (tertiary/aromatic N) is 3. The predicted octanol–water partition coefficient (Wildman–Crippen LogP) is 3.03. The number of carbonyl (C=O) groups is 2. The largest absolute Gasteiger partial charge is 0.490 e. The van der Waals surface area contributed by atoms with Gasteiger partial charge in [-0.15, -0.1) is 10.2 Å². The Bertz CT molecular complexity index is 1010. The molecule has 34 heavy (non-hydrogen) atoms. The van der Waals surface area contributed by atoms with Gasteiger partial charge in [0.1, 0.15) is 5.82 Å². The van der Waals surface area contributed by atoms with Crippen LogP contribution < -0.4 is 5.32 Å². The van der Waals surface area contributed by atoms with Gasteiger partial charge >= 0.3 is 18.1 Å². The molecule has 2 atom stereocenters. The average Bonchev–Trinajstić information content (AvgIpc) is 3.44. The number of rotatable bonds is 8. The molecule has 0 aliphatic carbocycles. The molecule has 9 nitrogen and oxygen atoms in total. The van der Waals surface area contributed by atoms with Gasteiger partial charge in [-0.05, 0) is 36.0 Å². The number of aliphatic carboxylic acids is 2. The van der Waals surface area contributed by atoms with Crippen LogP contribution in [0.15, 0.2) is 24.3 Å². The topological polar surface area (TPSA) is 141 Å². The molecule has 2 heterocycles. The van der Waals surface area contributed by atoms with E-state index >= 15 is 0 Å². The van der Waals surface area contributed by atoms with Crippen LogP contribution in [0.2, 0.25) is 0 Å². The second-order valence-corrected chi connectivity index (χ2v) is 8.13. The fraction of sp³-hybridized carbons (Fsp3) is 0.476. The molecular formula is C21H25F4N5O4. The molecule has 0 saturated heterocycles. The zero-order chi connectivity index (χ0) is 25.5. The highest BCUT2D eigenvalue weighted by Gasteiger charge is 2.38. The van der Waals surface area contributed by atoms with E-state index in [-0.39, 0.29) is 11.7 Å². The van der Waals surface area contributed by atoms with Crippen LogP contribution in [0.25, 0.3) is 5.57 Å². The van der Waals surface area contributed by atoms with Crippen molar-refractivity contribution in [2.45, 2.75) is 38.8 Å². The normalized spacial score (nSPS) is 15.3. The van der Waals surface area contributed by atoms with Gasteiger partial charge in [-0.3, -0.25) is 4.79 Å². The first kappa shape index (κ1) is 26.9. The first-order valence-electron chi connectivity index (χ1n) is 10.3. The van der Waals surface area contributed by atoms with Crippen LogP contribution in [0.5, 0.6) is 0 Å². The lowest BCUT2D eigenvalue weighted by Gasteiger charge is -2.23. The third-order valence-corrected chi connectivity index (χ3v) is 5.11. The Morgan fingerprint density at radius 3 is 2.32 bits per heavy atom. The summed E-state index contributed by atoms with van der Waals surface area (Å²) < 4.78 is 46.4. The Hall–Kier alpha value is -3.35. The average molecular weight is 487 g/mol. The fourth-order valence-electron chi connectivity index (χ4n) is 3.56. The molecular weight excluding hydrogens is 462 g/mol. The number of benzene rings is 1. The monoisotopic (exact) mass is 487 g/mol. The van der Waals surface area contributed by atoms with Crippen molar-refractivity contribution in [2.24, 2.45) is 11.8 Å². The summed E-state index contributed by atoms with van der Waals surface area (Å²) in [6, 6.07) is 5.09. The van der Waals surface area contributed by atoms with Gasteiger partial charge < -0.3 is 15.5 Å². The zero-order valence-electron chi connectivity index (χ0n) is 18.4. The third kappa shape index (κ3) is 7.61. The summed E-state index contributed by atoms with van der Waals surface area (Å²) in [5.74, 6) is -4.58. The number of hydrogen-bond donors (Lipinski definition) is 4. The van der Waals surface area contributed by atoms with E-state index in [1.165, 1.54) is 6.07 Å². The summed E-state index contributed by atoms with van der Waals surface area (Å²) in [5.41, 5.74) is 2.24. The molecule has 1 aliphatic rings. The summed E-state index contributed by atoms with van der Waals surface area (Å²) in [5, 5.41) is 34.0. The summed E-state index contributed by atoms with van der Waals surface area (Å²) in [6.45, 7) is 5.34. The molecule has 0 radical (unpaired) electrons. The number of aromatic nitrogens is 4. The van der Waals surface area contributed by atoms with Gasteiger partial charge in [0, 0.05) is 24.6 Å². The smallest absolute Gasteiger partial charge is 0.481 e. The molecule has 13 heteroatoms. The number of carboxylic acid groups (broad SMARTS) is 2. The highest BCUT2D eigenvalue weighted by atomic mass is 19.4. The third-order valence-electron chi connectivity index (χ3n) is 5.11. The maximum Gasteiger partial charge on any atom is 0.490 e. The zero-order valence-corrected chi connectivity index (χ0v) is 18.4. The van der Waals surface area contributed by atoms with E-state index in [4.69, 9.17) is 9.90 Å². The minimum Gasteiger partial charge on any atom is -0.481 e. The van der Waals surface area contributed by atoms with Gasteiger partial charge in [0.15, 0.2) is 5.82 Å². The van der Waals surface area contributed by atoms with Gasteiger partial charge in [0.25, 0.3) is 0 Å². The molecule has 186 valence electrons. The number of tetrazole rings is 1.